The molecule has 1 aromatic heterocycles. The van der Waals surface area contributed by atoms with Crippen molar-refractivity contribution in [3.8, 4) is 0 Å². The van der Waals surface area contributed by atoms with E-state index in [4.69, 9.17) is 0 Å². The number of aromatic nitrogens is 1. The van der Waals surface area contributed by atoms with Gasteiger partial charge < -0.3 is 5.32 Å². The molecule has 19 heavy (non-hydrogen) atoms. The number of thioether (sulfide) groups is 1. The van der Waals surface area contributed by atoms with Crippen LogP contribution in [-0.4, -0.2) is 22.8 Å². The summed E-state index contributed by atoms with van der Waals surface area (Å²) in [6.07, 6.45) is 0. The van der Waals surface area contributed by atoms with Gasteiger partial charge in [-0.05, 0) is 36.4 Å². The van der Waals surface area contributed by atoms with Gasteiger partial charge in [0.2, 0.25) is 0 Å². The van der Waals surface area contributed by atoms with Crippen LogP contribution < -0.4 is 5.32 Å². The Bertz CT molecular complexity index is 569. The van der Waals surface area contributed by atoms with Crippen molar-refractivity contribution in [3.63, 3.8) is 0 Å². The summed E-state index contributed by atoms with van der Waals surface area (Å²) in [7, 11) is 0. The number of nitrogens with zero attached hydrogens (tertiary/aromatic N) is 1. The number of hydrogen-bond acceptors (Lipinski definition) is 3. The molecule has 1 N–H and O–H groups in total. The van der Waals surface area contributed by atoms with Crippen molar-refractivity contribution >= 4 is 28.5 Å². The van der Waals surface area contributed by atoms with Crippen LogP contribution in [0.2, 0.25) is 0 Å². The van der Waals surface area contributed by atoms with Crippen LogP contribution in [0.4, 0.5) is 19.0 Å². The molecule has 0 aliphatic carbocycles. The molecule has 0 atom stereocenters. The van der Waals surface area contributed by atoms with E-state index in [0.29, 0.717) is 5.82 Å². The van der Waals surface area contributed by atoms with Gasteiger partial charge in [-0.15, -0.1) is 0 Å². The Balaban J connectivity index is 2.02. The maximum Gasteiger partial charge on any atom is 0.441 e. The minimum Gasteiger partial charge on any atom is -0.369 e. The number of alkyl halides is 3. The molecule has 1 heterocycles. The van der Waals surface area contributed by atoms with Crippen molar-refractivity contribution in [3.05, 3.63) is 35.9 Å². The number of halogens is 3. The molecular weight excluding hydrogens is 273 g/mol. The highest BCUT2D eigenvalue weighted by molar-refractivity contribution is 8.00. The third kappa shape index (κ3) is 4.02. The second-order valence-corrected chi connectivity index (χ2v) is 5.23. The Morgan fingerprint density at radius 1 is 1.26 bits per heavy atom. The van der Waals surface area contributed by atoms with Crippen molar-refractivity contribution in [2.75, 3.05) is 17.6 Å². The average Bonchev–Trinajstić information content (AvgIpc) is 2.33. The SMILES string of the molecule is Cc1cc2ccccc2nc1NCCSC(F)(F)F. The fourth-order valence-corrected chi connectivity index (χ4v) is 2.17. The number of benzene rings is 1. The Morgan fingerprint density at radius 2 is 2.00 bits per heavy atom. The first-order valence-electron chi connectivity index (χ1n) is 5.77. The first-order valence-corrected chi connectivity index (χ1v) is 6.75. The van der Waals surface area contributed by atoms with E-state index in [2.05, 4.69) is 10.3 Å². The highest BCUT2D eigenvalue weighted by Crippen LogP contribution is 2.29. The van der Waals surface area contributed by atoms with Gasteiger partial charge in [0.15, 0.2) is 0 Å². The molecule has 6 heteroatoms. The van der Waals surface area contributed by atoms with Gasteiger partial charge in [-0.2, -0.15) is 13.2 Å². The number of anilines is 1. The summed E-state index contributed by atoms with van der Waals surface area (Å²) in [5.41, 5.74) is -2.41. The number of hydrogen-bond donors (Lipinski definition) is 1. The molecule has 0 fully saturated rings. The minimum absolute atomic E-state index is 0.0280. The van der Waals surface area contributed by atoms with Crippen LogP contribution in [-0.2, 0) is 0 Å². The molecule has 0 saturated heterocycles. The molecule has 0 amide bonds. The zero-order valence-electron chi connectivity index (χ0n) is 10.3. The lowest BCUT2D eigenvalue weighted by Crippen LogP contribution is -2.11. The topological polar surface area (TPSA) is 24.9 Å². The lowest BCUT2D eigenvalue weighted by molar-refractivity contribution is -0.0327. The molecule has 102 valence electrons. The predicted molar refractivity (Wildman–Crippen MR) is 73.5 cm³/mol. The Morgan fingerprint density at radius 3 is 2.74 bits per heavy atom. The van der Waals surface area contributed by atoms with E-state index in [9.17, 15) is 13.2 Å². The number of aryl methyl sites for hydroxylation is 1. The number of rotatable bonds is 4. The number of nitrogens with one attached hydrogen (secondary N) is 1. The summed E-state index contributed by atoms with van der Waals surface area (Å²) in [6, 6.07) is 9.62. The van der Waals surface area contributed by atoms with Crippen molar-refractivity contribution < 1.29 is 13.2 Å². The van der Waals surface area contributed by atoms with Crippen molar-refractivity contribution in [1.82, 2.24) is 4.98 Å². The molecule has 0 spiro atoms. The molecule has 0 saturated carbocycles. The smallest absolute Gasteiger partial charge is 0.369 e. The van der Waals surface area contributed by atoms with E-state index in [1.807, 2.05) is 37.3 Å². The first kappa shape index (κ1) is 14.0. The van der Waals surface area contributed by atoms with E-state index < -0.39 is 5.51 Å². The predicted octanol–water partition coefficient (Wildman–Crippen LogP) is 4.21. The second kappa shape index (κ2) is 5.69. The van der Waals surface area contributed by atoms with Crippen LogP contribution >= 0.6 is 11.8 Å². The van der Waals surface area contributed by atoms with Gasteiger partial charge in [-0.25, -0.2) is 4.98 Å². The summed E-state index contributed by atoms with van der Waals surface area (Å²) in [4.78, 5) is 4.41. The molecule has 0 aliphatic heterocycles. The molecule has 0 aliphatic rings. The van der Waals surface area contributed by atoms with Crippen LogP contribution in [0.1, 0.15) is 5.56 Å². The lowest BCUT2D eigenvalue weighted by Gasteiger charge is -2.10. The minimum atomic E-state index is -4.17. The fourth-order valence-electron chi connectivity index (χ4n) is 1.74. The fraction of sp³-hybridized carbons (Fsp3) is 0.308. The quantitative estimate of drug-likeness (QED) is 0.852. The third-order valence-corrected chi connectivity index (χ3v) is 3.31. The molecule has 0 unspecified atom stereocenters. The second-order valence-electron chi connectivity index (χ2n) is 4.07. The summed E-state index contributed by atoms with van der Waals surface area (Å²) in [5.74, 6) is 0.610. The van der Waals surface area contributed by atoms with Crippen LogP contribution in [0.3, 0.4) is 0 Å². The zero-order valence-corrected chi connectivity index (χ0v) is 11.1. The summed E-state index contributed by atoms with van der Waals surface area (Å²) < 4.78 is 36.0. The lowest BCUT2D eigenvalue weighted by atomic mass is 10.1. The van der Waals surface area contributed by atoms with Gasteiger partial charge in [-0.3, -0.25) is 0 Å². The van der Waals surface area contributed by atoms with Gasteiger partial charge in [0, 0.05) is 17.7 Å². The van der Waals surface area contributed by atoms with E-state index >= 15 is 0 Å². The van der Waals surface area contributed by atoms with Crippen molar-refractivity contribution in [2.24, 2.45) is 0 Å². The van der Waals surface area contributed by atoms with Crippen LogP contribution in [0.5, 0.6) is 0 Å². The monoisotopic (exact) mass is 286 g/mol. The third-order valence-electron chi connectivity index (χ3n) is 2.57. The van der Waals surface area contributed by atoms with Gasteiger partial charge in [0.1, 0.15) is 5.82 Å². The Kier molecular flexibility index (Phi) is 4.19. The van der Waals surface area contributed by atoms with E-state index in [1.54, 1.807) is 0 Å². The first-order chi connectivity index (χ1) is 8.96. The standard InChI is InChI=1S/C13H13F3N2S/c1-9-8-10-4-2-3-5-11(10)18-12(9)17-6-7-19-13(14,15)16/h2-5,8H,6-7H2,1H3,(H,17,18). The van der Waals surface area contributed by atoms with Crippen LogP contribution in [0.25, 0.3) is 10.9 Å². The Hall–Kier alpha value is -1.43. The maximum atomic E-state index is 12.0. The molecule has 0 radical (unpaired) electrons. The van der Waals surface area contributed by atoms with Gasteiger partial charge in [0.25, 0.3) is 0 Å². The number of para-hydroxylation sites is 1. The molecule has 0 bridgehead atoms. The summed E-state index contributed by atoms with van der Waals surface area (Å²) in [5, 5.41) is 3.97. The molecule has 2 aromatic rings. The highest BCUT2D eigenvalue weighted by atomic mass is 32.2. The molecular formula is C13H13F3N2S. The molecule has 2 rings (SSSR count). The molecule has 2 nitrogen and oxygen atoms in total. The highest BCUT2D eigenvalue weighted by Gasteiger charge is 2.27. The Labute approximate surface area is 113 Å². The summed E-state index contributed by atoms with van der Waals surface area (Å²) >= 11 is -0.0280. The summed E-state index contributed by atoms with van der Waals surface area (Å²) in [6.45, 7) is 2.12. The van der Waals surface area contributed by atoms with E-state index in [1.165, 1.54) is 0 Å². The van der Waals surface area contributed by atoms with Gasteiger partial charge >= 0.3 is 5.51 Å². The molecule has 1 aromatic carbocycles. The van der Waals surface area contributed by atoms with Gasteiger partial charge in [-0.1, -0.05) is 18.2 Å². The van der Waals surface area contributed by atoms with Crippen molar-refractivity contribution in [2.45, 2.75) is 12.4 Å². The van der Waals surface area contributed by atoms with Crippen molar-refractivity contribution in [1.29, 1.82) is 0 Å². The normalized spacial score (nSPS) is 11.8. The van der Waals surface area contributed by atoms with Crippen LogP contribution in [0.15, 0.2) is 30.3 Å². The number of fused-ring (bicyclic) bond motifs is 1. The zero-order chi connectivity index (χ0) is 13.9. The van der Waals surface area contributed by atoms with Gasteiger partial charge in [0.05, 0.1) is 5.52 Å². The average molecular weight is 286 g/mol. The van der Waals surface area contributed by atoms with E-state index in [0.717, 1.165) is 16.5 Å². The largest absolute Gasteiger partial charge is 0.441 e. The van der Waals surface area contributed by atoms with Crippen LogP contribution in [0, 0.1) is 6.92 Å². The maximum absolute atomic E-state index is 12.0. The number of pyridine rings is 1. The van der Waals surface area contributed by atoms with E-state index in [-0.39, 0.29) is 24.1 Å².